The van der Waals surface area contributed by atoms with E-state index in [1.807, 2.05) is 0 Å². The first kappa shape index (κ1) is 15.6. The van der Waals surface area contributed by atoms with Crippen LogP contribution in [0.2, 0.25) is 5.02 Å². The second-order valence-electron chi connectivity index (χ2n) is 4.67. The maximum absolute atomic E-state index is 12.1. The summed E-state index contributed by atoms with van der Waals surface area (Å²) in [6.07, 6.45) is 1.03. The highest BCUT2D eigenvalue weighted by Gasteiger charge is 2.32. The fourth-order valence-electron chi connectivity index (χ4n) is 2.09. The molecule has 1 aromatic carbocycles. The molecular formula is C11H15ClN2O4S2. The van der Waals surface area contributed by atoms with E-state index in [1.165, 1.54) is 18.2 Å². The van der Waals surface area contributed by atoms with Gasteiger partial charge in [0.1, 0.15) is 4.90 Å². The molecule has 1 unspecified atom stereocenters. The number of nitrogen functional groups attached to an aromatic ring is 1. The molecule has 9 heteroatoms. The largest absolute Gasteiger partial charge is 0.399 e. The molecule has 0 bridgehead atoms. The second-order valence-corrected chi connectivity index (χ2v) is 9.22. The maximum atomic E-state index is 12.1. The van der Waals surface area contributed by atoms with Gasteiger partial charge in [0.15, 0.2) is 9.84 Å². The first-order chi connectivity index (χ1) is 9.22. The minimum absolute atomic E-state index is 0.0426. The van der Waals surface area contributed by atoms with Crippen LogP contribution in [0.15, 0.2) is 23.1 Å². The van der Waals surface area contributed by atoms with Crippen LogP contribution >= 0.6 is 11.6 Å². The summed E-state index contributed by atoms with van der Waals surface area (Å²) < 4.78 is 49.9. The van der Waals surface area contributed by atoms with Crippen LogP contribution in [0.5, 0.6) is 0 Å². The Bertz CT molecular complexity index is 716. The summed E-state index contributed by atoms with van der Waals surface area (Å²) >= 11 is 5.84. The van der Waals surface area contributed by atoms with E-state index in [4.69, 9.17) is 17.3 Å². The zero-order chi connectivity index (χ0) is 15.0. The molecule has 1 aliphatic heterocycles. The number of anilines is 1. The van der Waals surface area contributed by atoms with Crippen LogP contribution in [-0.4, -0.2) is 34.4 Å². The quantitative estimate of drug-likeness (QED) is 0.789. The van der Waals surface area contributed by atoms with Crippen LogP contribution in [0.4, 0.5) is 5.69 Å². The summed E-state index contributed by atoms with van der Waals surface area (Å²) in [7, 11) is -7.07. The molecule has 0 aliphatic carbocycles. The summed E-state index contributed by atoms with van der Waals surface area (Å²) in [6.45, 7) is -0.143. The zero-order valence-electron chi connectivity index (χ0n) is 10.5. The van der Waals surface area contributed by atoms with Gasteiger partial charge in [-0.2, -0.15) is 0 Å². The average molecular weight is 339 g/mol. The zero-order valence-corrected chi connectivity index (χ0v) is 12.9. The van der Waals surface area contributed by atoms with E-state index in [9.17, 15) is 16.8 Å². The molecular weight excluding hydrogens is 324 g/mol. The molecule has 1 heterocycles. The fourth-order valence-corrected chi connectivity index (χ4v) is 5.58. The fraction of sp³-hybridized carbons (Fsp3) is 0.455. The molecule has 1 saturated heterocycles. The van der Waals surface area contributed by atoms with Crippen molar-refractivity contribution < 1.29 is 16.8 Å². The topological polar surface area (TPSA) is 106 Å². The Kier molecular flexibility index (Phi) is 4.29. The van der Waals surface area contributed by atoms with Gasteiger partial charge < -0.3 is 5.73 Å². The van der Waals surface area contributed by atoms with Crippen LogP contribution in [0.25, 0.3) is 0 Å². The smallest absolute Gasteiger partial charge is 0.242 e. The van der Waals surface area contributed by atoms with Crippen molar-refractivity contribution in [3.8, 4) is 0 Å². The van der Waals surface area contributed by atoms with Crippen molar-refractivity contribution >= 4 is 37.1 Å². The van der Waals surface area contributed by atoms with Gasteiger partial charge in [0.2, 0.25) is 10.0 Å². The first-order valence-electron chi connectivity index (χ1n) is 5.99. The number of nitrogens with two attached hydrogens (primary N) is 1. The molecule has 6 nitrogen and oxygen atoms in total. The summed E-state index contributed by atoms with van der Waals surface area (Å²) in [5.74, 6) is 0.110. The van der Waals surface area contributed by atoms with Gasteiger partial charge in [0.05, 0.1) is 16.0 Å². The van der Waals surface area contributed by atoms with E-state index in [2.05, 4.69) is 4.72 Å². The number of rotatable bonds is 4. The summed E-state index contributed by atoms with van der Waals surface area (Å²) in [4.78, 5) is -0.144. The van der Waals surface area contributed by atoms with Crippen LogP contribution < -0.4 is 10.5 Å². The van der Waals surface area contributed by atoms with Crippen LogP contribution in [0, 0.1) is 0 Å². The Hall–Kier alpha value is -0.830. The number of benzene rings is 1. The lowest BCUT2D eigenvalue weighted by atomic mass is 10.2. The van der Waals surface area contributed by atoms with Gasteiger partial charge in [-0.15, -0.1) is 0 Å². The van der Waals surface area contributed by atoms with Gasteiger partial charge in [-0.25, -0.2) is 21.6 Å². The van der Waals surface area contributed by atoms with Crippen molar-refractivity contribution in [3.63, 3.8) is 0 Å². The van der Waals surface area contributed by atoms with Crippen molar-refractivity contribution in [2.75, 3.05) is 18.0 Å². The summed E-state index contributed by atoms with van der Waals surface area (Å²) in [5, 5.41) is -0.627. The monoisotopic (exact) mass is 338 g/mol. The minimum atomic E-state index is -3.88. The number of hydrogen-bond donors (Lipinski definition) is 2. The minimum Gasteiger partial charge on any atom is -0.399 e. The third-order valence-corrected chi connectivity index (χ3v) is 7.39. The molecule has 2 rings (SSSR count). The molecule has 0 saturated carbocycles. The molecule has 1 aromatic rings. The molecule has 0 spiro atoms. The highest BCUT2D eigenvalue weighted by atomic mass is 35.5. The van der Waals surface area contributed by atoms with Crippen LogP contribution in [0.1, 0.15) is 12.8 Å². The highest BCUT2D eigenvalue weighted by Crippen LogP contribution is 2.24. The Morgan fingerprint density at radius 3 is 2.70 bits per heavy atom. The lowest BCUT2D eigenvalue weighted by Crippen LogP contribution is -2.34. The van der Waals surface area contributed by atoms with E-state index in [1.54, 1.807) is 0 Å². The Balaban J connectivity index is 2.18. The molecule has 0 amide bonds. The lowest BCUT2D eigenvalue weighted by molar-refractivity contribution is 0.571. The van der Waals surface area contributed by atoms with E-state index in [0.29, 0.717) is 12.8 Å². The number of sulfonamides is 1. The third-order valence-electron chi connectivity index (χ3n) is 3.21. The van der Waals surface area contributed by atoms with E-state index in [-0.39, 0.29) is 27.9 Å². The Morgan fingerprint density at radius 1 is 1.40 bits per heavy atom. The second kappa shape index (κ2) is 5.51. The maximum Gasteiger partial charge on any atom is 0.242 e. The standard InChI is InChI=1S/C11H15ClN2O4S2/c12-10-4-3-8(13)6-11(10)20(17,18)14-7-9-2-1-5-19(9,15)16/h3-4,6,9,14H,1-2,5,7,13H2. The third kappa shape index (κ3) is 3.25. The first-order valence-corrected chi connectivity index (χ1v) is 9.56. The lowest BCUT2D eigenvalue weighted by Gasteiger charge is -2.12. The molecule has 112 valence electrons. The van der Waals surface area contributed by atoms with Gasteiger partial charge in [0, 0.05) is 12.2 Å². The van der Waals surface area contributed by atoms with Crippen molar-refractivity contribution in [1.29, 1.82) is 0 Å². The number of halogens is 1. The predicted octanol–water partition coefficient (Wildman–Crippen LogP) is 0.778. The van der Waals surface area contributed by atoms with Crippen molar-refractivity contribution in [2.24, 2.45) is 0 Å². The molecule has 0 radical (unpaired) electrons. The van der Waals surface area contributed by atoms with Gasteiger partial charge in [-0.1, -0.05) is 11.6 Å². The van der Waals surface area contributed by atoms with Crippen molar-refractivity contribution in [1.82, 2.24) is 4.72 Å². The van der Waals surface area contributed by atoms with Crippen LogP contribution in [0.3, 0.4) is 0 Å². The normalized spacial score (nSPS) is 21.9. The number of nitrogens with one attached hydrogen (secondary N) is 1. The van der Waals surface area contributed by atoms with E-state index in [0.717, 1.165) is 0 Å². The molecule has 1 fully saturated rings. The Morgan fingerprint density at radius 2 is 2.10 bits per heavy atom. The number of hydrogen-bond acceptors (Lipinski definition) is 5. The molecule has 3 N–H and O–H groups in total. The summed E-state index contributed by atoms with van der Waals surface area (Å²) in [5.41, 5.74) is 5.81. The molecule has 1 atom stereocenters. The van der Waals surface area contributed by atoms with E-state index < -0.39 is 25.1 Å². The molecule has 1 aliphatic rings. The molecule has 20 heavy (non-hydrogen) atoms. The molecule has 0 aromatic heterocycles. The Labute approximate surface area is 123 Å². The van der Waals surface area contributed by atoms with Crippen molar-refractivity contribution in [3.05, 3.63) is 23.2 Å². The van der Waals surface area contributed by atoms with Crippen molar-refractivity contribution in [2.45, 2.75) is 23.0 Å². The summed E-state index contributed by atoms with van der Waals surface area (Å²) in [6, 6.07) is 4.12. The average Bonchev–Trinajstić information content (AvgIpc) is 2.69. The van der Waals surface area contributed by atoms with Gasteiger partial charge in [0.25, 0.3) is 0 Å². The van der Waals surface area contributed by atoms with Gasteiger partial charge in [-0.3, -0.25) is 0 Å². The highest BCUT2D eigenvalue weighted by molar-refractivity contribution is 7.92. The van der Waals surface area contributed by atoms with E-state index >= 15 is 0 Å². The van der Waals surface area contributed by atoms with Gasteiger partial charge in [-0.05, 0) is 31.0 Å². The SMILES string of the molecule is Nc1ccc(Cl)c(S(=O)(=O)NCC2CCCS2(=O)=O)c1. The van der Waals surface area contributed by atoms with Crippen LogP contribution in [-0.2, 0) is 19.9 Å². The predicted molar refractivity (Wildman–Crippen MR) is 77.9 cm³/mol. The number of sulfone groups is 1. The van der Waals surface area contributed by atoms with Gasteiger partial charge >= 0.3 is 0 Å².